The van der Waals surface area contributed by atoms with Gasteiger partial charge in [-0.1, -0.05) is 24.3 Å². The minimum Gasteiger partial charge on any atom is -0.322 e. The van der Waals surface area contributed by atoms with Crippen LogP contribution in [-0.4, -0.2) is 17.9 Å². The molecule has 4 nitrogen and oxygen atoms in total. The molecule has 1 atom stereocenters. The summed E-state index contributed by atoms with van der Waals surface area (Å²) in [4.78, 5) is 27.5. The summed E-state index contributed by atoms with van der Waals surface area (Å²) in [5.74, 6) is -0.851. The Balaban J connectivity index is 1.57. The van der Waals surface area contributed by atoms with E-state index in [-0.39, 0.29) is 23.7 Å². The monoisotopic (exact) mass is 374 g/mol. The zero-order valence-corrected chi connectivity index (χ0v) is 15.4. The standard InChI is InChI=1S/C23H19FN2O2/c1-15-13-16-5-2-3-8-21(16)26(15)23(28)18-7-4-6-17(14-18)22(27)25-20-11-9-19(24)10-12-20/h2-12,14-15H,13H2,1H3,(H,25,27). The van der Waals surface area contributed by atoms with Crippen LogP contribution in [0.3, 0.4) is 0 Å². The molecule has 0 fully saturated rings. The van der Waals surface area contributed by atoms with Crippen molar-refractivity contribution in [2.24, 2.45) is 0 Å². The number of hydrogen-bond donors (Lipinski definition) is 1. The van der Waals surface area contributed by atoms with Gasteiger partial charge in [-0.2, -0.15) is 0 Å². The van der Waals surface area contributed by atoms with E-state index < -0.39 is 0 Å². The van der Waals surface area contributed by atoms with Crippen molar-refractivity contribution in [2.45, 2.75) is 19.4 Å². The number of nitrogens with one attached hydrogen (secondary N) is 1. The molecular weight excluding hydrogens is 355 g/mol. The van der Waals surface area contributed by atoms with Crippen LogP contribution >= 0.6 is 0 Å². The summed E-state index contributed by atoms with van der Waals surface area (Å²) < 4.78 is 13.0. The van der Waals surface area contributed by atoms with Crippen molar-refractivity contribution in [1.82, 2.24) is 0 Å². The van der Waals surface area contributed by atoms with Gasteiger partial charge in [-0.15, -0.1) is 0 Å². The SMILES string of the molecule is CC1Cc2ccccc2N1C(=O)c1cccc(C(=O)Nc2ccc(F)cc2)c1. The number of halogens is 1. The number of anilines is 2. The zero-order valence-electron chi connectivity index (χ0n) is 15.4. The summed E-state index contributed by atoms with van der Waals surface area (Å²) >= 11 is 0. The van der Waals surface area contributed by atoms with Crippen molar-refractivity contribution in [2.75, 3.05) is 10.2 Å². The van der Waals surface area contributed by atoms with Crippen molar-refractivity contribution in [1.29, 1.82) is 0 Å². The summed E-state index contributed by atoms with van der Waals surface area (Å²) in [7, 11) is 0. The Morgan fingerprint density at radius 1 is 0.964 bits per heavy atom. The van der Waals surface area contributed by atoms with Crippen LogP contribution in [0.1, 0.15) is 33.2 Å². The van der Waals surface area contributed by atoms with Crippen molar-refractivity contribution in [3.8, 4) is 0 Å². The molecule has 1 heterocycles. The van der Waals surface area contributed by atoms with Gasteiger partial charge in [-0.25, -0.2) is 4.39 Å². The Morgan fingerprint density at radius 3 is 2.46 bits per heavy atom. The van der Waals surface area contributed by atoms with Crippen LogP contribution in [0.2, 0.25) is 0 Å². The lowest BCUT2D eigenvalue weighted by Crippen LogP contribution is -2.35. The first kappa shape index (κ1) is 17.9. The highest BCUT2D eigenvalue weighted by molar-refractivity contribution is 6.10. The maximum absolute atomic E-state index is 13.1. The van der Waals surface area contributed by atoms with Crippen LogP contribution in [-0.2, 0) is 6.42 Å². The molecule has 0 spiro atoms. The van der Waals surface area contributed by atoms with E-state index in [1.165, 1.54) is 24.3 Å². The Bertz CT molecular complexity index is 1050. The summed E-state index contributed by atoms with van der Waals surface area (Å²) in [5.41, 5.74) is 3.38. The smallest absolute Gasteiger partial charge is 0.258 e. The van der Waals surface area contributed by atoms with Crippen LogP contribution in [0.15, 0.2) is 72.8 Å². The van der Waals surface area contributed by atoms with E-state index in [0.29, 0.717) is 16.8 Å². The summed E-state index contributed by atoms with van der Waals surface area (Å²) in [6.45, 7) is 2.02. The quantitative estimate of drug-likeness (QED) is 0.724. The molecule has 0 bridgehead atoms. The van der Waals surface area contributed by atoms with Gasteiger partial charge in [0.1, 0.15) is 5.82 Å². The molecule has 0 aromatic heterocycles. The number of para-hydroxylation sites is 1. The van der Waals surface area contributed by atoms with Gasteiger partial charge in [0.2, 0.25) is 0 Å². The number of fused-ring (bicyclic) bond motifs is 1. The number of carbonyl (C=O) groups excluding carboxylic acids is 2. The summed E-state index contributed by atoms with van der Waals surface area (Å²) in [6.07, 6.45) is 0.812. The fraction of sp³-hybridized carbons (Fsp3) is 0.130. The van der Waals surface area contributed by atoms with Crippen molar-refractivity contribution >= 4 is 23.2 Å². The van der Waals surface area contributed by atoms with Crippen LogP contribution in [0.25, 0.3) is 0 Å². The van der Waals surface area contributed by atoms with E-state index in [9.17, 15) is 14.0 Å². The van der Waals surface area contributed by atoms with Gasteiger partial charge < -0.3 is 10.2 Å². The number of carbonyl (C=O) groups is 2. The van der Waals surface area contributed by atoms with E-state index in [2.05, 4.69) is 5.32 Å². The molecule has 2 amide bonds. The van der Waals surface area contributed by atoms with Crippen LogP contribution in [0.4, 0.5) is 15.8 Å². The van der Waals surface area contributed by atoms with Crippen molar-refractivity contribution in [3.05, 3.63) is 95.3 Å². The molecule has 0 aliphatic carbocycles. The first-order valence-corrected chi connectivity index (χ1v) is 9.11. The maximum Gasteiger partial charge on any atom is 0.258 e. The Hall–Kier alpha value is -3.47. The average molecular weight is 374 g/mol. The van der Waals surface area contributed by atoms with E-state index in [1.807, 2.05) is 31.2 Å². The molecule has 1 aliphatic heterocycles. The van der Waals surface area contributed by atoms with Gasteiger partial charge >= 0.3 is 0 Å². The first-order chi connectivity index (χ1) is 13.5. The molecule has 3 aromatic rings. The molecule has 1 N–H and O–H groups in total. The molecule has 0 saturated carbocycles. The largest absolute Gasteiger partial charge is 0.322 e. The second-order valence-electron chi connectivity index (χ2n) is 6.90. The summed E-state index contributed by atoms with van der Waals surface area (Å²) in [5, 5.41) is 2.72. The molecule has 0 radical (unpaired) electrons. The van der Waals surface area contributed by atoms with Gasteiger partial charge in [0.25, 0.3) is 11.8 Å². The average Bonchev–Trinajstić information content (AvgIpc) is 3.05. The van der Waals surface area contributed by atoms with Gasteiger partial charge in [-0.3, -0.25) is 9.59 Å². The van der Waals surface area contributed by atoms with Crippen LogP contribution in [0.5, 0.6) is 0 Å². The third kappa shape index (κ3) is 3.39. The van der Waals surface area contributed by atoms with E-state index in [1.54, 1.807) is 29.2 Å². The number of hydrogen-bond acceptors (Lipinski definition) is 2. The van der Waals surface area contributed by atoms with Gasteiger partial charge in [-0.05, 0) is 67.4 Å². The molecule has 1 aliphatic rings. The fourth-order valence-electron chi connectivity index (χ4n) is 3.54. The van der Waals surface area contributed by atoms with E-state index >= 15 is 0 Å². The van der Waals surface area contributed by atoms with Gasteiger partial charge in [0.15, 0.2) is 0 Å². The maximum atomic E-state index is 13.1. The lowest BCUT2D eigenvalue weighted by Gasteiger charge is -2.23. The molecule has 4 rings (SSSR count). The molecule has 0 saturated heterocycles. The fourth-order valence-corrected chi connectivity index (χ4v) is 3.54. The zero-order chi connectivity index (χ0) is 19.7. The molecule has 5 heteroatoms. The lowest BCUT2D eigenvalue weighted by molar-refractivity contribution is 0.0981. The third-order valence-corrected chi connectivity index (χ3v) is 4.90. The Morgan fingerprint density at radius 2 is 1.68 bits per heavy atom. The van der Waals surface area contributed by atoms with Crippen molar-refractivity contribution in [3.63, 3.8) is 0 Å². The van der Waals surface area contributed by atoms with Gasteiger partial charge in [0.05, 0.1) is 0 Å². The number of amides is 2. The summed E-state index contributed by atoms with van der Waals surface area (Å²) in [6, 6.07) is 20.1. The molecule has 1 unspecified atom stereocenters. The Kier molecular flexibility index (Phi) is 4.65. The normalized spacial score (nSPS) is 15.2. The van der Waals surface area contributed by atoms with Gasteiger partial charge in [0, 0.05) is 28.5 Å². The molecule has 28 heavy (non-hydrogen) atoms. The molecular formula is C23H19FN2O2. The van der Waals surface area contributed by atoms with Crippen LogP contribution in [0, 0.1) is 5.82 Å². The molecule has 3 aromatic carbocycles. The van der Waals surface area contributed by atoms with Crippen LogP contribution < -0.4 is 10.2 Å². The number of rotatable bonds is 3. The molecule has 140 valence electrons. The topological polar surface area (TPSA) is 49.4 Å². The van der Waals surface area contributed by atoms with E-state index in [0.717, 1.165) is 17.7 Å². The van der Waals surface area contributed by atoms with Crippen molar-refractivity contribution < 1.29 is 14.0 Å². The second kappa shape index (κ2) is 7.27. The lowest BCUT2D eigenvalue weighted by atomic mass is 10.1. The minimum atomic E-state index is -0.370. The number of benzene rings is 3. The number of nitrogens with zero attached hydrogens (tertiary/aromatic N) is 1. The van der Waals surface area contributed by atoms with E-state index in [4.69, 9.17) is 0 Å². The Labute approximate surface area is 162 Å². The highest BCUT2D eigenvalue weighted by Gasteiger charge is 2.31. The predicted molar refractivity (Wildman–Crippen MR) is 107 cm³/mol. The third-order valence-electron chi connectivity index (χ3n) is 4.90. The first-order valence-electron chi connectivity index (χ1n) is 9.11. The highest BCUT2D eigenvalue weighted by Crippen LogP contribution is 2.33. The minimum absolute atomic E-state index is 0.0570. The predicted octanol–water partition coefficient (Wildman–Crippen LogP) is 4.67. The highest BCUT2D eigenvalue weighted by atomic mass is 19.1. The second-order valence-corrected chi connectivity index (χ2v) is 6.90.